The fourth-order valence-electron chi connectivity index (χ4n) is 3.85. The van der Waals surface area contributed by atoms with Gasteiger partial charge in [0.25, 0.3) is 0 Å². The summed E-state index contributed by atoms with van der Waals surface area (Å²) in [6.07, 6.45) is -0.290. The van der Waals surface area contributed by atoms with E-state index in [1.807, 2.05) is 18.2 Å². The van der Waals surface area contributed by atoms with Crippen LogP contribution in [-0.4, -0.2) is 78.0 Å². The van der Waals surface area contributed by atoms with Crippen molar-refractivity contribution in [2.75, 3.05) is 44.4 Å². The second-order valence-electron chi connectivity index (χ2n) is 6.93. The summed E-state index contributed by atoms with van der Waals surface area (Å²) >= 11 is 0. The summed E-state index contributed by atoms with van der Waals surface area (Å²) in [6.45, 7) is 4.11. The Bertz CT molecular complexity index is 795. The maximum absolute atomic E-state index is 6.03. The van der Waals surface area contributed by atoms with Gasteiger partial charge in [-0.1, -0.05) is 11.2 Å². The molecule has 1 aromatic heterocycles. The van der Waals surface area contributed by atoms with Crippen LogP contribution in [0.25, 0.3) is 0 Å². The molecule has 0 saturated carbocycles. The van der Waals surface area contributed by atoms with E-state index in [2.05, 4.69) is 26.5 Å². The molecule has 144 valence electrons. The van der Waals surface area contributed by atoms with Crippen molar-refractivity contribution in [3.63, 3.8) is 0 Å². The molecule has 5 rings (SSSR count). The second-order valence-corrected chi connectivity index (χ2v) is 6.93. The third-order valence-electron chi connectivity index (χ3n) is 5.25. The van der Waals surface area contributed by atoms with E-state index in [4.69, 9.17) is 24.7 Å². The lowest BCUT2D eigenvalue weighted by atomic mass is 10.1. The lowest BCUT2D eigenvalue weighted by molar-refractivity contribution is 0.0617. The summed E-state index contributed by atoms with van der Waals surface area (Å²) in [4.78, 5) is 2.27. The van der Waals surface area contributed by atoms with E-state index < -0.39 is 0 Å². The normalized spacial score (nSPS) is 30.5. The Morgan fingerprint density at radius 3 is 2.85 bits per heavy atom. The van der Waals surface area contributed by atoms with Crippen molar-refractivity contribution in [1.29, 1.82) is 0 Å². The molecule has 1 aromatic carbocycles. The Morgan fingerprint density at radius 1 is 1.11 bits per heavy atom. The molecule has 0 radical (unpaired) electrons. The Balaban J connectivity index is 1.35. The highest BCUT2D eigenvalue weighted by atomic mass is 16.6. The number of hydrogen-bond acceptors (Lipinski definition) is 9. The van der Waals surface area contributed by atoms with Gasteiger partial charge in [-0.2, -0.15) is 4.68 Å². The van der Waals surface area contributed by atoms with Crippen molar-refractivity contribution >= 4 is 5.69 Å². The molecule has 10 heteroatoms. The number of rotatable bonds is 4. The van der Waals surface area contributed by atoms with Gasteiger partial charge in [0, 0.05) is 24.8 Å². The SMILES string of the molecule is NC1COC2C1OCC2n1nnnc1Oc1cccc(N2CCOCC2)c1. The Labute approximate surface area is 156 Å². The summed E-state index contributed by atoms with van der Waals surface area (Å²) in [6, 6.07) is 7.93. The van der Waals surface area contributed by atoms with Gasteiger partial charge in [-0.25, -0.2) is 0 Å². The van der Waals surface area contributed by atoms with E-state index >= 15 is 0 Å². The molecule has 2 N–H and O–H groups in total. The number of fused-ring (bicyclic) bond motifs is 1. The monoisotopic (exact) mass is 374 g/mol. The number of aromatic nitrogens is 4. The molecule has 3 aliphatic heterocycles. The first-order valence-electron chi connectivity index (χ1n) is 9.17. The molecule has 0 amide bonds. The molecule has 4 heterocycles. The van der Waals surface area contributed by atoms with Gasteiger partial charge < -0.3 is 29.6 Å². The van der Waals surface area contributed by atoms with Crippen LogP contribution in [0.3, 0.4) is 0 Å². The highest BCUT2D eigenvalue weighted by Crippen LogP contribution is 2.35. The molecule has 0 spiro atoms. The van der Waals surface area contributed by atoms with Gasteiger partial charge in [0.2, 0.25) is 0 Å². The van der Waals surface area contributed by atoms with Gasteiger partial charge in [0.05, 0.1) is 32.5 Å². The zero-order valence-electron chi connectivity index (χ0n) is 14.8. The van der Waals surface area contributed by atoms with Gasteiger partial charge >= 0.3 is 6.01 Å². The largest absolute Gasteiger partial charge is 0.423 e. The predicted molar refractivity (Wildman–Crippen MR) is 93.9 cm³/mol. The van der Waals surface area contributed by atoms with Crippen molar-refractivity contribution in [2.45, 2.75) is 24.3 Å². The molecule has 2 aromatic rings. The van der Waals surface area contributed by atoms with Gasteiger partial charge in [-0.3, -0.25) is 0 Å². The van der Waals surface area contributed by atoms with Crippen molar-refractivity contribution < 1.29 is 18.9 Å². The number of nitrogens with two attached hydrogens (primary N) is 1. The first kappa shape index (κ1) is 16.9. The summed E-state index contributed by atoms with van der Waals surface area (Å²) in [7, 11) is 0. The zero-order chi connectivity index (χ0) is 18.2. The van der Waals surface area contributed by atoms with E-state index in [1.54, 1.807) is 4.68 Å². The van der Waals surface area contributed by atoms with Crippen LogP contribution in [0, 0.1) is 0 Å². The van der Waals surface area contributed by atoms with E-state index in [-0.39, 0.29) is 24.3 Å². The number of nitrogens with zero attached hydrogens (tertiary/aromatic N) is 5. The van der Waals surface area contributed by atoms with Crippen LogP contribution in [-0.2, 0) is 14.2 Å². The molecule has 3 aliphatic rings. The fourth-order valence-corrected chi connectivity index (χ4v) is 3.85. The number of tetrazole rings is 1. The van der Waals surface area contributed by atoms with Crippen LogP contribution in [0.2, 0.25) is 0 Å². The third kappa shape index (κ3) is 3.14. The minimum absolute atomic E-state index is 0.119. The quantitative estimate of drug-likeness (QED) is 0.789. The fraction of sp³-hybridized carbons (Fsp3) is 0.588. The van der Waals surface area contributed by atoms with Gasteiger partial charge in [0.15, 0.2) is 0 Å². The molecule has 0 bridgehead atoms. The average molecular weight is 374 g/mol. The standard InChI is InChI=1S/C17H22N6O4/c18-13-9-25-16-14(10-26-15(13)16)23-17(19-20-21-23)27-12-3-1-2-11(8-12)22-4-6-24-7-5-22/h1-3,8,13-16H,4-7,9-10,18H2. The molecular formula is C17H22N6O4. The number of morpholine rings is 1. The summed E-state index contributed by atoms with van der Waals surface area (Å²) in [5.41, 5.74) is 7.12. The van der Waals surface area contributed by atoms with Gasteiger partial charge in [0.1, 0.15) is 24.0 Å². The van der Waals surface area contributed by atoms with Crippen molar-refractivity contribution in [1.82, 2.24) is 20.2 Å². The van der Waals surface area contributed by atoms with Crippen LogP contribution >= 0.6 is 0 Å². The molecule has 4 atom stereocenters. The van der Waals surface area contributed by atoms with E-state index in [0.29, 0.717) is 25.0 Å². The van der Waals surface area contributed by atoms with Gasteiger partial charge in [-0.05, 0) is 22.6 Å². The van der Waals surface area contributed by atoms with Crippen molar-refractivity contribution in [3.8, 4) is 11.8 Å². The van der Waals surface area contributed by atoms with E-state index in [0.717, 1.165) is 32.0 Å². The van der Waals surface area contributed by atoms with Crippen LogP contribution in [0.15, 0.2) is 24.3 Å². The third-order valence-corrected chi connectivity index (χ3v) is 5.25. The van der Waals surface area contributed by atoms with Crippen LogP contribution in [0.4, 0.5) is 5.69 Å². The number of benzene rings is 1. The highest BCUT2D eigenvalue weighted by molar-refractivity contribution is 5.51. The highest BCUT2D eigenvalue weighted by Gasteiger charge is 2.48. The minimum Gasteiger partial charge on any atom is -0.423 e. The van der Waals surface area contributed by atoms with E-state index in [1.165, 1.54) is 0 Å². The lowest BCUT2D eigenvalue weighted by Crippen LogP contribution is -2.36. The summed E-state index contributed by atoms with van der Waals surface area (Å²) < 4.78 is 24.6. The molecule has 4 unspecified atom stereocenters. The first-order chi connectivity index (χ1) is 13.3. The summed E-state index contributed by atoms with van der Waals surface area (Å²) in [5, 5.41) is 11.9. The average Bonchev–Trinajstić information content (AvgIpc) is 3.41. The zero-order valence-corrected chi connectivity index (χ0v) is 14.8. The molecule has 27 heavy (non-hydrogen) atoms. The lowest BCUT2D eigenvalue weighted by Gasteiger charge is -2.29. The van der Waals surface area contributed by atoms with Crippen LogP contribution in [0.1, 0.15) is 6.04 Å². The Kier molecular flexibility index (Phi) is 4.40. The van der Waals surface area contributed by atoms with Crippen LogP contribution < -0.4 is 15.4 Å². The number of anilines is 1. The van der Waals surface area contributed by atoms with Crippen molar-refractivity contribution in [2.24, 2.45) is 5.73 Å². The predicted octanol–water partition coefficient (Wildman–Crippen LogP) is -0.0320. The molecule has 3 saturated heterocycles. The maximum atomic E-state index is 6.03. The molecule has 0 aliphatic carbocycles. The Morgan fingerprint density at radius 2 is 1.96 bits per heavy atom. The summed E-state index contributed by atoms with van der Waals surface area (Å²) in [5.74, 6) is 0.676. The van der Waals surface area contributed by atoms with Crippen LogP contribution in [0.5, 0.6) is 11.8 Å². The Hall–Kier alpha value is -2.27. The second kappa shape index (κ2) is 7.04. The smallest absolute Gasteiger partial charge is 0.341 e. The maximum Gasteiger partial charge on any atom is 0.341 e. The number of ether oxygens (including phenoxy) is 4. The van der Waals surface area contributed by atoms with E-state index in [9.17, 15) is 0 Å². The van der Waals surface area contributed by atoms with Gasteiger partial charge in [-0.15, -0.1) is 0 Å². The van der Waals surface area contributed by atoms with Crippen molar-refractivity contribution in [3.05, 3.63) is 24.3 Å². The molecular weight excluding hydrogens is 352 g/mol. The topological polar surface area (TPSA) is 110 Å². The molecule has 3 fully saturated rings. The first-order valence-corrected chi connectivity index (χ1v) is 9.17. The minimum atomic E-state index is -0.162. The number of hydrogen-bond donors (Lipinski definition) is 1. The molecule has 10 nitrogen and oxygen atoms in total.